The molecular formula is C9H9ClFNO4S. The maximum Gasteiger partial charge on any atom is 0.304 e. The van der Waals surface area contributed by atoms with Crippen LogP contribution in [0.4, 0.5) is 10.1 Å². The summed E-state index contributed by atoms with van der Waals surface area (Å²) >= 11 is 5.54. The number of rotatable bonds is 5. The molecule has 17 heavy (non-hydrogen) atoms. The van der Waals surface area contributed by atoms with Gasteiger partial charge in [-0.2, -0.15) is 0 Å². The second-order valence-corrected chi connectivity index (χ2v) is 5.50. The summed E-state index contributed by atoms with van der Waals surface area (Å²) in [6.45, 7) is 0. The molecule has 1 aromatic rings. The minimum absolute atomic E-state index is 0.0413. The molecule has 94 valence electrons. The highest BCUT2D eigenvalue weighted by Crippen LogP contribution is 2.19. The van der Waals surface area contributed by atoms with Gasteiger partial charge in [-0.1, -0.05) is 11.6 Å². The average molecular weight is 282 g/mol. The number of carbonyl (C=O) groups is 1. The van der Waals surface area contributed by atoms with Crippen molar-refractivity contribution in [2.24, 2.45) is 0 Å². The first kappa shape index (κ1) is 13.7. The van der Waals surface area contributed by atoms with Crippen molar-refractivity contribution >= 4 is 33.3 Å². The zero-order valence-electron chi connectivity index (χ0n) is 8.48. The Hall–Kier alpha value is -1.34. The maximum absolute atomic E-state index is 12.9. The van der Waals surface area contributed by atoms with E-state index in [1.54, 1.807) is 0 Å². The van der Waals surface area contributed by atoms with Crippen LogP contribution in [0.25, 0.3) is 0 Å². The lowest BCUT2D eigenvalue weighted by atomic mass is 10.3. The van der Waals surface area contributed by atoms with E-state index in [2.05, 4.69) is 0 Å². The fourth-order valence-electron chi connectivity index (χ4n) is 1.07. The monoisotopic (exact) mass is 281 g/mol. The lowest BCUT2D eigenvalue weighted by molar-refractivity contribution is -0.136. The van der Waals surface area contributed by atoms with Gasteiger partial charge in [-0.3, -0.25) is 9.52 Å². The minimum Gasteiger partial charge on any atom is -0.481 e. The van der Waals surface area contributed by atoms with Crippen molar-refractivity contribution in [1.29, 1.82) is 0 Å². The highest BCUT2D eigenvalue weighted by molar-refractivity contribution is 7.92. The van der Waals surface area contributed by atoms with Gasteiger partial charge >= 0.3 is 5.97 Å². The highest BCUT2D eigenvalue weighted by atomic mass is 35.5. The van der Waals surface area contributed by atoms with Crippen LogP contribution in [0.2, 0.25) is 5.02 Å². The Bertz CT molecular complexity index is 512. The number of halogens is 2. The molecule has 0 aliphatic heterocycles. The Morgan fingerprint density at radius 1 is 1.41 bits per heavy atom. The molecule has 0 aliphatic carbocycles. The number of anilines is 1. The van der Waals surface area contributed by atoms with Gasteiger partial charge in [-0.05, 0) is 18.2 Å². The molecule has 0 aliphatic rings. The number of carboxylic acid groups (broad SMARTS) is 1. The molecule has 0 fully saturated rings. The molecule has 2 N–H and O–H groups in total. The predicted molar refractivity (Wildman–Crippen MR) is 61.1 cm³/mol. The first-order valence-corrected chi connectivity index (χ1v) is 6.50. The first-order valence-electron chi connectivity index (χ1n) is 4.47. The zero-order valence-corrected chi connectivity index (χ0v) is 10.1. The van der Waals surface area contributed by atoms with E-state index in [-0.39, 0.29) is 10.7 Å². The molecular weight excluding hydrogens is 273 g/mol. The Morgan fingerprint density at radius 2 is 2.06 bits per heavy atom. The molecule has 0 saturated heterocycles. The predicted octanol–water partition coefficient (Wildman–Crippen LogP) is 1.70. The number of carboxylic acids is 1. The number of hydrogen-bond acceptors (Lipinski definition) is 3. The summed E-state index contributed by atoms with van der Waals surface area (Å²) in [4.78, 5) is 10.2. The van der Waals surface area contributed by atoms with Crippen LogP contribution in [0.15, 0.2) is 18.2 Å². The summed E-state index contributed by atoms with van der Waals surface area (Å²) in [6, 6.07) is 3.20. The second-order valence-electron chi connectivity index (χ2n) is 3.22. The van der Waals surface area contributed by atoms with Crippen molar-refractivity contribution in [1.82, 2.24) is 0 Å². The largest absolute Gasteiger partial charge is 0.481 e. The lowest BCUT2D eigenvalue weighted by Gasteiger charge is -2.07. The van der Waals surface area contributed by atoms with Gasteiger partial charge in [0.1, 0.15) is 5.82 Å². The van der Waals surface area contributed by atoms with Crippen LogP contribution in [0.5, 0.6) is 0 Å². The number of benzene rings is 1. The van der Waals surface area contributed by atoms with E-state index in [0.717, 1.165) is 12.1 Å². The van der Waals surface area contributed by atoms with Crippen LogP contribution in [0.1, 0.15) is 6.42 Å². The molecule has 1 aromatic carbocycles. The van der Waals surface area contributed by atoms with Crippen molar-refractivity contribution in [2.75, 3.05) is 10.5 Å². The minimum atomic E-state index is -3.82. The van der Waals surface area contributed by atoms with Crippen LogP contribution in [0, 0.1) is 5.82 Å². The van der Waals surface area contributed by atoms with Crippen molar-refractivity contribution < 1.29 is 22.7 Å². The Kier molecular flexibility index (Phi) is 4.30. The van der Waals surface area contributed by atoms with Crippen LogP contribution in [-0.2, 0) is 14.8 Å². The highest BCUT2D eigenvalue weighted by Gasteiger charge is 2.13. The third-order valence-electron chi connectivity index (χ3n) is 1.72. The van der Waals surface area contributed by atoms with Crippen LogP contribution < -0.4 is 4.72 Å². The van der Waals surface area contributed by atoms with E-state index < -0.39 is 34.0 Å². The van der Waals surface area contributed by atoms with Gasteiger partial charge < -0.3 is 5.11 Å². The molecule has 0 spiro atoms. The van der Waals surface area contributed by atoms with E-state index in [0.29, 0.717) is 0 Å². The van der Waals surface area contributed by atoms with Crippen molar-refractivity contribution in [3.63, 3.8) is 0 Å². The molecule has 1 rings (SSSR count). The summed E-state index contributed by atoms with van der Waals surface area (Å²) in [7, 11) is -3.82. The van der Waals surface area contributed by atoms with Crippen LogP contribution in [0.3, 0.4) is 0 Å². The normalized spacial score (nSPS) is 11.2. The SMILES string of the molecule is O=C(O)CCS(=O)(=O)Nc1cc(F)cc(Cl)c1. The van der Waals surface area contributed by atoms with Gasteiger partial charge in [0.05, 0.1) is 17.9 Å². The third-order valence-corrected chi connectivity index (χ3v) is 3.23. The molecule has 8 heteroatoms. The summed E-state index contributed by atoms with van der Waals surface area (Å²) in [5.74, 6) is -2.50. The fourth-order valence-corrected chi connectivity index (χ4v) is 2.31. The van der Waals surface area contributed by atoms with Gasteiger partial charge in [0, 0.05) is 5.02 Å². The lowest BCUT2D eigenvalue weighted by Crippen LogP contribution is -2.18. The quantitative estimate of drug-likeness (QED) is 0.860. The number of hydrogen-bond donors (Lipinski definition) is 2. The summed E-state index contributed by atoms with van der Waals surface area (Å²) < 4.78 is 37.7. The number of sulfonamides is 1. The first-order chi connectivity index (χ1) is 7.78. The molecule has 0 unspecified atom stereocenters. The average Bonchev–Trinajstić information content (AvgIpc) is 2.12. The van der Waals surface area contributed by atoms with Crippen LogP contribution in [-0.4, -0.2) is 25.2 Å². The maximum atomic E-state index is 12.9. The molecule has 0 radical (unpaired) electrons. The molecule has 0 atom stereocenters. The van der Waals surface area contributed by atoms with E-state index in [4.69, 9.17) is 16.7 Å². The van der Waals surface area contributed by atoms with Gasteiger partial charge in [-0.25, -0.2) is 12.8 Å². The van der Waals surface area contributed by atoms with E-state index in [9.17, 15) is 17.6 Å². The van der Waals surface area contributed by atoms with Gasteiger partial charge in [0.2, 0.25) is 10.0 Å². The third kappa shape index (κ3) is 5.01. The van der Waals surface area contributed by atoms with Crippen molar-refractivity contribution in [3.05, 3.63) is 29.0 Å². The Morgan fingerprint density at radius 3 is 2.59 bits per heavy atom. The van der Waals surface area contributed by atoms with Crippen molar-refractivity contribution in [2.45, 2.75) is 6.42 Å². The van der Waals surface area contributed by atoms with Crippen molar-refractivity contribution in [3.8, 4) is 0 Å². The van der Waals surface area contributed by atoms with E-state index in [1.807, 2.05) is 4.72 Å². The van der Waals surface area contributed by atoms with Crippen LogP contribution >= 0.6 is 11.6 Å². The van der Waals surface area contributed by atoms with E-state index in [1.165, 1.54) is 6.07 Å². The summed E-state index contributed by atoms with van der Waals surface area (Å²) in [5.41, 5.74) is -0.0413. The standard InChI is InChI=1S/C9H9ClFNO4S/c10-6-3-7(11)5-8(4-6)12-17(15,16)2-1-9(13)14/h3-5,12H,1-2H2,(H,13,14). The summed E-state index contributed by atoms with van der Waals surface area (Å²) in [5, 5.41) is 8.40. The second kappa shape index (κ2) is 5.33. The number of nitrogens with one attached hydrogen (secondary N) is 1. The molecule has 0 heterocycles. The zero-order chi connectivity index (χ0) is 13.1. The topological polar surface area (TPSA) is 83.5 Å². The smallest absolute Gasteiger partial charge is 0.304 e. The fraction of sp³-hybridized carbons (Fsp3) is 0.222. The summed E-state index contributed by atoms with van der Waals surface area (Å²) in [6.07, 6.45) is -0.529. The number of aliphatic carboxylic acids is 1. The molecule has 0 bridgehead atoms. The van der Waals surface area contributed by atoms with Gasteiger partial charge in [-0.15, -0.1) is 0 Å². The molecule has 0 amide bonds. The molecule has 0 aromatic heterocycles. The Labute approximate surface area is 102 Å². The Balaban J connectivity index is 2.79. The molecule has 5 nitrogen and oxygen atoms in total. The van der Waals surface area contributed by atoms with E-state index >= 15 is 0 Å². The van der Waals surface area contributed by atoms with Gasteiger partial charge in [0.15, 0.2) is 0 Å². The van der Waals surface area contributed by atoms with Gasteiger partial charge in [0.25, 0.3) is 0 Å². The molecule has 0 saturated carbocycles.